The molecular formula is C28H33Cl2F3N8O3. The molecule has 11 nitrogen and oxygen atoms in total. The molecule has 2 fully saturated rings. The van der Waals surface area contributed by atoms with Crippen molar-refractivity contribution in [2.75, 3.05) is 23.7 Å². The molecule has 2 aliphatic rings. The van der Waals surface area contributed by atoms with Gasteiger partial charge in [0, 0.05) is 31.1 Å². The van der Waals surface area contributed by atoms with Crippen LogP contribution < -0.4 is 16.4 Å². The number of fused-ring (bicyclic) bond motifs is 1. The van der Waals surface area contributed by atoms with Crippen LogP contribution in [0.25, 0.3) is 11.2 Å². The molecule has 238 valence electrons. The van der Waals surface area contributed by atoms with Gasteiger partial charge in [0.05, 0.1) is 33.6 Å². The SMILES string of the molecule is CC(C)OC(=O)N1CCC[C@@H](Nc2ncc3nc(Nc4c(Cl)cc(C(F)(F)F)cc4Cl)n([C@H]4CC[C@@H](C(N)=O)CC4)c3n2)C1. The molecular weight excluding hydrogens is 624 g/mol. The van der Waals surface area contributed by atoms with Crippen LogP contribution in [0.15, 0.2) is 18.3 Å². The first kappa shape index (κ1) is 31.9. The fraction of sp³-hybridized carbons (Fsp3) is 0.536. The molecule has 0 radical (unpaired) electrons. The Morgan fingerprint density at radius 3 is 2.39 bits per heavy atom. The Labute approximate surface area is 261 Å². The molecule has 1 saturated carbocycles. The van der Waals surface area contributed by atoms with E-state index in [1.807, 2.05) is 4.57 Å². The number of primary amides is 1. The fourth-order valence-electron chi connectivity index (χ4n) is 5.70. The molecule has 44 heavy (non-hydrogen) atoms. The lowest BCUT2D eigenvalue weighted by Gasteiger charge is -2.33. The molecule has 0 unspecified atom stereocenters. The minimum atomic E-state index is -4.62. The van der Waals surface area contributed by atoms with Crippen molar-refractivity contribution in [1.29, 1.82) is 0 Å². The molecule has 2 amide bonds. The minimum absolute atomic E-state index is 0.0607. The molecule has 1 atom stereocenters. The van der Waals surface area contributed by atoms with Crippen molar-refractivity contribution in [3.63, 3.8) is 0 Å². The number of hydrogen-bond donors (Lipinski definition) is 3. The maximum absolute atomic E-state index is 13.3. The molecule has 5 rings (SSSR count). The van der Waals surface area contributed by atoms with Gasteiger partial charge in [-0.15, -0.1) is 0 Å². The number of aromatic nitrogens is 4. The van der Waals surface area contributed by atoms with Gasteiger partial charge < -0.3 is 26.0 Å². The Bertz CT molecular complexity index is 1520. The van der Waals surface area contributed by atoms with Crippen LogP contribution in [0.5, 0.6) is 0 Å². The Morgan fingerprint density at radius 1 is 1.09 bits per heavy atom. The quantitative estimate of drug-likeness (QED) is 0.261. The van der Waals surface area contributed by atoms with Gasteiger partial charge in [-0.2, -0.15) is 18.2 Å². The maximum atomic E-state index is 13.3. The largest absolute Gasteiger partial charge is 0.447 e. The van der Waals surface area contributed by atoms with Gasteiger partial charge in [0.15, 0.2) is 5.65 Å². The van der Waals surface area contributed by atoms with Gasteiger partial charge in [0.25, 0.3) is 0 Å². The van der Waals surface area contributed by atoms with E-state index in [1.165, 1.54) is 0 Å². The molecule has 3 heterocycles. The summed E-state index contributed by atoms with van der Waals surface area (Å²) in [6, 6.07) is 1.31. The zero-order chi connectivity index (χ0) is 31.8. The molecule has 1 saturated heterocycles. The van der Waals surface area contributed by atoms with Crippen LogP contribution in [0.2, 0.25) is 10.0 Å². The number of benzene rings is 1. The molecule has 1 aromatic carbocycles. The van der Waals surface area contributed by atoms with Crippen LogP contribution in [0, 0.1) is 5.92 Å². The Hall–Kier alpha value is -3.52. The lowest BCUT2D eigenvalue weighted by atomic mass is 9.85. The number of alkyl halides is 3. The van der Waals surface area contributed by atoms with Crippen molar-refractivity contribution in [1.82, 2.24) is 24.4 Å². The van der Waals surface area contributed by atoms with Crippen molar-refractivity contribution in [2.45, 2.75) is 76.7 Å². The van der Waals surface area contributed by atoms with Crippen LogP contribution in [-0.2, 0) is 15.7 Å². The second kappa shape index (κ2) is 12.8. The molecule has 1 aliphatic heterocycles. The van der Waals surface area contributed by atoms with Gasteiger partial charge in [-0.3, -0.25) is 9.36 Å². The summed E-state index contributed by atoms with van der Waals surface area (Å²) in [4.78, 5) is 39.8. The second-order valence-corrected chi connectivity index (χ2v) is 12.2. The zero-order valence-corrected chi connectivity index (χ0v) is 25.6. The Morgan fingerprint density at radius 2 is 1.77 bits per heavy atom. The molecule has 3 aromatic rings. The number of halogens is 5. The number of hydrogen-bond acceptors (Lipinski definition) is 8. The number of carbonyl (C=O) groups excluding carboxylic acids is 2. The third kappa shape index (κ3) is 7.06. The molecule has 0 spiro atoms. The van der Waals surface area contributed by atoms with E-state index < -0.39 is 11.7 Å². The van der Waals surface area contributed by atoms with Crippen molar-refractivity contribution < 1.29 is 27.5 Å². The first-order valence-electron chi connectivity index (χ1n) is 14.4. The van der Waals surface area contributed by atoms with E-state index in [4.69, 9.17) is 38.7 Å². The number of anilines is 3. The summed E-state index contributed by atoms with van der Waals surface area (Å²) in [5, 5.41) is 5.88. The van der Waals surface area contributed by atoms with Crippen molar-refractivity contribution in [2.24, 2.45) is 11.7 Å². The Balaban J connectivity index is 1.46. The molecule has 4 N–H and O–H groups in total. The highest BCUT2D eigenvalue weighted by molar-refractivity contribution is 6.39. The number of piperidine rings is 1. The number of imidazole rings is 1. The monoisotopic (exact) mass is 656 g/mol. The van der Waals surface area contributed by atoms with E-state index in [0.717, 1.165) is 25.0 Å². The molecule has 2 aromatic heterocycles. The number of likely N-dealkylation sites (tertiary alicyclic amines) is 1. The smallest absolute Gasteiger partial charge is 0.416 e. The van der Waals surface area contributed by atoms with Crippen LogP contribution >= 0.6 is 23.2 Å². The number of nitrogens with one attached hydrogen (secondary N) is 2. The number of carbonyl (C=O) groups is 2. The maximum Gasteiger partial charge on any atom is 0.416 e. The van der Waals surface area contributed by atoms with E-state index in [2.05, 4.69) is 20.6 Å². The second-order valence-electron chi connectivity index (χ2n) is 11.4. The normalized spacial score (nSPS) is 21.0. The van der Waals surface area contributed by atoms with Gasteiger partial charge in [-0.25, -0.2) is 14.8 Å². The van der Waals surface area contributed by atoms with Crippen LogP contribution in [0.4, 0.5) is 35.5 Å². The van der Waals surface area contributed by atoms with Crippen molar-refractivity contribution in [3.8, 4) is 0 Å². The first-order valence-corrected chi connectivity index (χ1v) is 15.2. The van der Waals surface area contributed by atoms with Gasteiger partial charge in [0.2, 0.25) is 17.8 Å². The zero-order valence-electron chi connectivity index (χ0n) is 24.1. The fourth-order valence-corrected chi connectivity index (χ4v) is 6.28. The van der Waals surface area contributed by atoms with E-state index in [-0.39, 0.29) is 57.8 Å². The third-order valence-electron chi connectivity index (χ3n) is 7.85. The van der Waals surface area contributed by atoms with Crippen molar-refractivity contribution in [3.05, 3.63) is 33.9 Å². The summed E-state index contributed by atoms with van der Waals surface area (Å²) in [6.07, 6.45) is 0.181. The topological polar surface area (TPSA) is 140 Å². The minimum Gasteiger partial charge on any atom is -0.447 e. The van der Waals surface area contributed by atoms with Crippen LogP contribution in [-0.4, -0.2) is 61.7 Å². The average Bonchev–Trinajstić information content (AvgIpc) is 3.31. The van der Waals surface area contributed by atoms with E-state index in [1.54, 1.807) is 24.9 Å². The van der Waals surface area contributed by atoms with Gasteiger partial charge in [0.1, 0.15) is 5.52 Å². The number of ether oxygens (including phenoxy) is 1. The van der Waals surface area contributed by atoms with E-state index in [0.29, 0.717) is 55.9 Å². The van der Waals surface area contributed by atoms with Gasteiger partial charge in [-0.1, -0.05) is 23.2 Å². The number of nitrogens with two attached hydrogens (primary N) is 1. The highest BCUT2D eigenvalue weighted by Crippen LogP contribution is 2.42. The first-order chi connectivity index (χ1) is 20.8. The highest BCUT2D eigenvalue weighted by Gasteiger charge is 2.33. The standard InChI is InChI=1S/C28H33Cl2F3N8O3/c1-14(2)44-27(43)40-9-3-4-17(13-40)36-25-35-12-21-24(39-25)41(18-7-5-15(6-8-18)23(34)42)26(37-21)38-22-19(29)10-16(11-20(22)30)28(31,32)33/h10-12,14-15,17-18H,3-9,13H2,1-2H3,(H2,34,42)(H,37,38)(H,35,36,39)/t15-,17-,18+/m1/s1. The molecule has 1 aliphatic carbocycles. The summed E-state index contributed by atoms with van der Waals surface area (Å²) in [6.45, 7) is 4.61. The number of nitrogens with zero attached hydrogens (tertiary/aromatic N) is 5. The predicted octanol–water partition coefficient (Wildman–Crippen LogP) is 6.53. The van der Waals surface area contributed by atoms with Crippen LogP contribution in [0.3, 0.4) is 0 Å². The predicted molar refractivity (Wildman–Crippen MR) is 160 cm³/mol. The van der Waals surface area contributed by atoms with Gasteiger partial charge in [-0.05, 0) is 64.5 Å². The molecule has 16 heteroatoms. The van der Waals surface area contributed by atoms with E-state index in [9.17, 15) is 22.8 Å². The molecule has 0 bridgehead atoms. The summed E-state index contributed by atoms with van der Waals surface area (Å²) in [7, 11) is 0. The lowest BCUT2D eigenvalue weighted by Crippen LogP contribution is -2.46. The van der Waals surface area contributed by atoms with Crippen molar-refractivity contribution >= 4 is 64.0 Å². The highest BCUT2D eigenvalue weighted by atomic mass is 35.5. The summed E-state index contributed by atoms with van der Waals surface area (Å²) in [5.74, 6) is -0.0172. The van der Waals surface area contributed by atoms with E-state index >= 15 is 0 Å². The summed E-state index contributed by atoms with van der Waals surface area (Å²) < 4.78 is 47.2. The third-order valence-corrected chi connectivity index (χ3v) is 8.45. The summed E-state index contributed by atoms with van der Waals surface area (Å²) >= 11 is 12.5. The Kier molecular flexibility index (Phi) is 9.30. The van der Waals surface area contributed by atoms with Crippen LogP contribution in [0.1, 0.15) is 64.0 Å². The number of rotatable bonds is 7. The number of amides is 2. The lowest BCUT2D eigenvalue weighted by molar-refractivity contribution is -0.137. The average molecular weight is 658 g/mol. The summed E-state index contributed by atoms with van der Waals surface area (Å²) in [5.41, 5.74) is 5.54. The van der Waals surface area contributed by atoms with Gasteiger partial charge >= 0.3 is 12.3 Å².